The van der Waals surface area contributed by atoms with E-state index in [4.69, 9.17) is 21.8 Å². The van der Waals surface area contributed by atoms with E-state index in [1.165, 1.54) is 0 Å². The molecule has 0 unspecified atom stereocenters. The first kappa shape index (κ1) is 10.5. The molecule has 0 aliphatic heterocycles. The highest BCUT2D eigenvalue weighted by molar-refractivity contribution is 6.31. The van der Waals surface area contributed by atoms with Crippen LogP contribution in [0.4, 0.5) is 0 Å². The molecule has 3 heteroatoms. The highest BCUT2D eigenvalue weighted by atomic mass is 35.5. The van der Waals surface area contributed by atoms with Gasteiger partial charge in [0.25, 0.3) is 0 Å². The average molecular weight is 201 g/mol. The molecule has 1 aromatic rings. The highest BCUT2D eigenvalue weighted by Crippen LogP contribution is 2.28. The zero-order valence-electron chi connectivity index (χ0n) is 7.50. The summed E-state index contributed by atoms with van der Waals surface area (Å²) in [5.74, 6) is 0. The van der Waals surface area contributed by atoms with Crippen molar-refractivity contribution in [2.24, 2.45) is 0 Å². The minimum absolute atomic E-state index is 0.118. The van der Waals surface area contributed by atoms with Crippen LogP contribution >= 0.6 is 11.6 Å². The van der Waals surface area contributed by atoms with Crippen molar-refractivity contribution in [3.63, 3.8) is 0 Å². The second-order valence-corrected chi connectivity index (χ2v) is 3.76. The largest absolute Gasteiger partial charge is 0.395 e. The van der Waals surface area contributed by atoms with Crippen molar-refractivity contribution in [1.82, 2.24) is 0 Å². The molecule has 2 N–H and O–H groups in total. The standard InChI is InChI=1S/C10H13ClO2/c1-10(6-12,7-13)8-4-2-3-5-9(8)11/h2-5,12-13H,6-7H2,1H3. The summed E-state index contributed by atoms with van der Waals surface area (Å²) in [5, 5.41) is 18.9. The van der Waals surface area contributed by atoms with E-state index in [1.54, 1.807) is 13.0 Å². The molecule has 72 valence electrons. The fourth-order valence-corrected chi connectivity index (χ4v) is 1.53. The summed E-state index contributed by atoms with van der Waals surface area (Å²) < 4.78 is 0. The molecule has 2 nitrogen and oxygen atoms in total. The van der Waals surface area contributed by atoms with E-state index < -0.39 is 5.41 Å². The van der Waals surface area contributed by atoms with E-state index in [0.717, 1.165) is 5.56 Å². The van der Waals surface area contributed by atoms with Crippen molar-refractivity contribution >= 4 is 11.6 Å². The van der Waals surface area contributed by atoms with E-state index in [-0.39, 0.29) is 13.2 Å². The maximum absolute atomic E-state index is 9.14. The normalized spacial score (nSPS) is 11.7. The van der Waals surface area contributed by atoms with Crippen molar-refractivity contribution in [3.8, 4) is 0 Å². The number of hydrogen-bond donors (Lipinski definition) is 2. The number of aliphatic hydroxyl groups is 2. The Hall–Kier alpha value is -0.570. The maximum atomic E-state index is 9.14. The van der Waals surface area contributed by atoms with Gasteiger partial charge in [0.05, 0.1) is 13.2 Å². The number of hydrogen-bond acceptors (Lipinski definition) is 2. The topological polar surface area (TPSA) is 40.5 Å². The molecule has 13 heavy (non-hydrogen) atoms. The Morgan fingerprint density at radius 1 is 1.23 bits per heavy atom. The minimum Gasteiger partial charge on any atom is -0.395 e. The quantitative estimate of drug-likeness (QED) is 0.778. The van der Waals surface area contributed by atoms with Gasteiger partial charge in [-0.15, -0.1) is 0 Å². The smallest absolute Gasteiger partial charge is 0.0547 e. The first-order valence-corrected chi connectivity index (χ1v) is 4.48. The molecule has 0 atom stereocenters. The Balaban J connectivity index is 3.12. The van der Waals surface area contributed by atoms with Crippen LogP contribution in [0.5, 0.6) is 0 Å². The van der Waals surface area contributed by atoms with Crippen LogP contribution in [-0.4, -0.2) is 23.4 Å². The summed E-state index contributed by atoms with van der Waals surface area (Å²) in [7, 11) is 0. The van der Waals surface area contributed by atoms with Crippen molar-refractivity contribution in [2.45, 2.75) is 12.3 Å². The number of benzene rings is 1. The van der Waals surface area contributed by atoms with Crippen LogP contribution in [0.25, 0.3) is 0 Å². The van der Waals surface area contributed by atoms with Crippen LogP contribution in [-0.2, 0) is 5.41 Å². The van der Waals surface area contributed by atoms with Gasteiger partial charge < -0.3 is 10.2 Å². The third-order valence-electron chi connectivity index (χ3n) is 2.22. The van der Waals surface area contributed by atoms with Gasteiger partial charge in [-0.25, -0.2) is 0 Å². The van der Waals surface area contributed by atoms with Crippen LogP contribution in [0.3, 0.4) is 0 Å². The van der Waals surface area contributed by atoms with Gasteiger partial charge in [0.15, 0.2) is 0 Å². The molecule has 0 saturated carbocycles. The average Bonchev–Trinajstić information content (AvgIpc) is 2.17. The molecule has 0 spiro atoms. The molecule has 0 amide bonds. The van der Waals surface area contributed by atoms with E-state index in [0.29, 0.717) is 5.02 Å². The van der Waals surface area contributed by atoms with Crippen LogP contribution < -0.4 is 0 Å². The van der Waals surface area contributed by atoms with Crippen molar-refractivity contribution in [3.05, 3.63) is 34.9 Å². The van der Waals surface area contributed by atoms with Gasteiger partial charge in [-0.05, 0) is 11.6 Å². The van der Waals surface area contributed by atoms with E-state index >= 15 is 0 Å². The molecule has 0 saturated heterocycles. The molecule has 1 aromatic carbocycles. The first-order chi connectivity index (χ1) is 6.14. The van der Waals surface area contributed by atoms with Crippen LogP contribution in [0.2, 0.25) is 5.02 Å². The SMILES string of the molecule is CC(CO)(CO)c1ccccc1Cl. The molecular weight excluding hydrogens is 188 g/mol. The van der Waals surface area contributed by atoms with Gasteiger partial charge in [0.1, 0.15) is 0 Å². The van der Waals surface area contributed by atoms with Crippen LogP contribution in [0, 0.1) is 0 Å². The minimum atomic E-state index is -0.654. The molecule has 0 fully saturated rings. The second-order valence-electron chi connectivity index (χ2n) is 3.36. The predicted octanol–water partition coefficient (Wildman–Crippen LogP) is 1.58. The lowest BCUT2D eigenvalue weighted by molar-refractivity contribution is 0.129. The Kier molecular flexibility index (Phi) is 3.31. The highest BCUT2D eigenvalue weighted by Gasteiger charge is 2.26. The molecule has 0 aromatic heterocycles. The van der Waals surface area contributed by atoms with E-state index in [1.807, 2.05) is 18.2 Å². The van der Waals surface area contributed by atoms with Gasteiger partial charge in [-0.1, -0.05) is 36.7 Å². The third kappa shape index (κ3) is 2.02. The van der Waals surface area contributed by atoms with Crippen LogP contribution in [0.15, 0.2) is 24.3 Å². The molecule has 0 heterocycles. The summed E-state index contributed by atoms with van der Waals surface area (Å²) in [6, 6.07) is 7.22. The Bertz CT molecular complexity index is 282. The molecular formula is C10H13ClO2. The summed E-state index contributed by atoms with van der Waals surface area (Å²) in [4.78, 5) is 0. The molecule has 0 aliphatic rings. The maximum Gasteiger partial charge on any atom is 0.0547 e. The molecule has 1 rings (SSSR count). The van der Waals surface area contributed by atoms with E-state index in [9.17, 15) is 0 Å². The number of halogens is 1. The third-order valence-corrected chi connectivity index (χ3v) is 2.55. The van der Waals surface area contributed by atoms with E-state index in [2.05, 4.69) is 0 Å². The van der Waals surface area contributed by atoms with Crippen molar-refractivity contribution in [1.29, 1.82) is 0 Å². The molecule has 0 aliphatic carbocycles. The van der Waals surface area contributed by atoms with Crippen LogP contribution in [0.1, 0.15) is 12.5 Å². The Labute approximate surface area is 82.8 Å². The fourth-order valence-electron chi connectivity index (χ4n) is 1.17. The second kappa shape index (κ2) is 4.09. The molecule has 0 radical (unpaired) electrons. The van der Waals surface area contributed by atoms with Gasteiger partial charge in [-0.2, -0.15) is 0 Å². The lowest BCUT2D eigenvalue weighted by atomic mass is 9.84. The fraction of sp³-hybridized carbons (Fsp3) is 0.400. The number of aliphatic hydroxyl groups excluding tert-OH is 2. The monoisotopic (exact) mass is 200 g/mol. The molecule has 0 bridgehead atoms. The van der Waals surface area contributed by atoms with Gasteiger partial charge in [-0.3, -0.25) is 0 Å². The van der Waals surface area contributed by atoms with Crippen molar-refractivity contribution in [2.75, 3.05) is 13.2 Å². The summed E-state index contributed by atoms with van der Waals surface area (Å²) in [6.45, 7) is 1.54. The first-order valence-electron chi connectivity index (χ1n) is 4.11. The predicted molar refractivity (Wildman–Crippen MR) is 53.0 cm³/mol. The van der Waals surface area contributed by atoms with Gasteiger partial charge in [0, 0.05) is 10.4 Å². The Morgan fingerprint density at radius 3 is 2.23 bits per heavy atom. The zero-order chi connectivity index (χ0) is 9.90. The summed E-state index contributed by atoms with van der Waals surface area (Å²) in [6.07, 6.45) is 0. The number of rotatable bonds is 3. The summed E-state index contributed by atoms with van der Waals surface area (Å²) >= 11 is 5.94. The lowest BCUT2D eigenvalue weighted by Gasteiger charge is -2.26. The Morgan fingerprint density at radius 2 is 1.77 bits per heavy atom. The van der Waals surface area contributed by atoms with Gasteiger partial charge >= 0.3 is 0 Å². The zero-order valence-corrected chi connectivity index (χ0v) is 8.25. The lowest BCUT2D eigenvalue weighted by Crippen LogP contribution is -2.31. The summed E-state index contributed by atoms with van der Waals surface area (Å²) in [5.41, 5.74) is 0.125. The van der Waals surface area contributed by atoms with Gasteiger partial charge in [0.2, 0.25) is 0 Å². The van der Waals surface area contributed by atoms with Crippen molar-refractivity contribution < 1.29 is 10.2 Å².